The highest BCUT2D eigenvalue weighted by Crippen LogP contribution is 2.18. The van der Waals surface area contributed by atoms with Crippen LogP contribution >= 0.6 is 11.6 Å². The third-order valence-corrected chi connectivity index (χ3v) is 3.42. The Morgan fingerprint density at radius 1 is 1.22 bits per heavy atom. The number of hydrogen-bond donors (Lipinski definition) is 1. The molecule has 6 nitrogen and oxygen atoms in total. The second-order valence-electron chi connectivity index (χ2n) is 4.88. The lowest BCUT2D eigenvalue weighted by molar-refractivity contribution is -0.384. The lowest BCUT2D eigenvalue weighted by atomic mass is 10.1. The van der Waals surface area contributed by atoms with Gasteiger partial charge in [0, 0.05) is 17.2 Å². The van der Waals surface area contributed by atoms with Gasteiger partial charge in [0.1, 0.15) is 5.75 Å². The van der Waals surface area contributed by atoms with Crippen molar-refractivity contribution in [2.45, 2.75) is 13.0 Å². The second-order valence-corrected chi connectivity index (χ2v) is 5.32. The van der Waals surface area contributed by atoms with Crippen LogP contribution in [-0.4, -0.2) is 17.4 Å². The van der Waals surface area contributed by atoms with Crippen LogP contribution in [0.1, 0.15) is 18.5 Å². The number of benzene rings is 2. The number of ether oxygens (including phenoxy) is 1. The number of nitro groups is 1. The highest BCUT2D eigenvalue weighted by atomic mass is 35.5. The molecule has 23 heavy (non-hydrogen) atoms. The number of nitrogens with one attached hydrogen (secondary N) is 1. The number of hydrogen-bond acceptors (Lipinski definition) is 4. The molecule has 0 heterocycles. The normalized spacial score (nSPS) is 11.6. The van der Waals surface area contributed by atoms with Crippen LogP contribution in [0.3, 0.4) is 0 Å². The van der Waals surface area contributed by atoms with Crippen molar-refractivity contribution in [1.29, 1.82) is 0 Å². The minimum Gasteiger partial charge on any atom is -0.484 e. The van der Waals surface area contributed by atoms with Crippen molar-refractivity contribution in [3.63, 3.8) is 0 Å². The Morgan fingerprint density at radius 2 is 1.83 bits per heavy atom. The van der Waals surface area contributed by atoms with Gasteiger partial charge in [0.15, 0.2) is 6.61 Å². The number of carbonyl (C=O) groups is 1. The van der Waals surface area contributed by atoms with Crippen LogP contribution in [0.2, 0.25) is 5.02 Å². The fourth-order valence-electron chi connectivity index (χ4n) is 1.93. The third kappa shape index (κ3) is 4.96. The van der Waals surface area contributed by atoms with Gasteiger partial charge in [-0.25, -0.2) is 0 Å². The van der Waals surface area contributed by atoms with Gasteiger partial charge < -0.3 is 10.1 Å². The van der Waals surface area contributed by atoms with E-state index in [1.54, 1.807) is 12.1 Å². The minimum absolute atomic E-state index is 0.0295. The summed E-state index contributed by atoms with van der Waals surface area (Å²) in [5.74, 6) is 0.107. The molecule has 0 bridgehead atoms. The first-order chi connectivity index (χ1) is 11.0. The first-order valence-corrected chi connectivity index (χ1v) is 7.25. The molecule has 2 rings (SSSR count). The summed E-state index contributed by atoms with van der Waals surface area (Å²) in [5.41, 5.74) is 0.899. The molecule has 2 aromatic rings. The van der Waals surface area contributed by atoms with E-state index < -0.39 is 4.92 Å². The fraction of sp³-hybridized carbons (Fsp3) is 0.188. The minimum atomic E-state index is -0.496. The van der Waals surface area contributed by atoms with Crippen LogP contribution in [0.25, 0.3) is 0 Å². The number of rotatable bonds is 6. The van der Waals surface area contributed by atoms with Crippen molar-refractivity contribution in [2.75, 3.05) is 6.61 Å². The van der Waals surface area contributed by atoms with E-state index in [4.69, 9.17) is 16.3 Å². The van der Waals surface area contributed by atoms with Gasteiger partial charge >= 0.3 is 0 Å². The van der Waals surface area contributed by atoms with Crippen molar-refractivity contribution in [3.05, 3.63) is 69.2 Å². The molecule has 1 atom stereocenters. The second kappa shape index (κ2) is 7.60. The smallest absolute Gasteiger partial charge is 0.269 e. The quantitative estimate of drug-likeness (QED) is 0.647. The molecule has 2 aromatic carbocycles. The summed E-state index contributed by atoms with van der Waals surface area (Å²) < 4.78 is 5.30. The van der Waals surface area contributed by atoms with Crippen LogP contribution in [0.4, 0.5) is 5.69 Å². The lowest BCUT2D eigenvalue weighted by Gasteiger charge is -2.14. The van der Waals surface area contributed by atoms with Crippen LogP contribution in [0.15, 0.2) is 48.5 Å². The molecule has 0 radical (unpaired) electrons. The number of nitro benzene ring substituents is 1. The average molecular weight is 335 g/mol. The van der Waals surface area contributed by atoms with Crippen LogP contribution in [0.5, 0.6) is 5.75 Å². The van der Waals surface area contributed by atoms with E-state index in [9.17, 15) is 14.9 Å². The van der Waals surface area contributed by atoms with Gasteiger partial charge in [-0.3, -0.25) is 14.9 Å². The fourth-order valence-corrected chi connectivity index (χ4v) is 2.06. The van der Waals surface area contributed by atoms with Gasteiger partial charge in [0.2, 0.25) is 0 Å². The summed E-state index contributed by atoms with van der Waals surface area (Å²) in [5, 5.41) is 14.0. The molecule has 120 valence electrons. The molecule has 0 aliphatic rings. The molecule has 0 aliphatic heterocycles. The van der Waals surface area contributed by atoms with Gasteiger partial charge in [-0.05, 0) is 36.8 Å². The zero-order valence-electron chi connectivity index (χ0n) is 12.4. The first-order valence-electron chi connectivity index (χ1n) is 6.88. The van der Waals surface area contributed by atoms with Crippen LogP contribution in [0, 0.1) is 10.1 Å². The number of halogens is 1. The standard InChI is InChI=1S/C16H15ClN2O4/c1-11(12-2-4-13(17)5-3-12)18-16(20)10-23-15-8-6-14(7-9-15)19(21)22/h2-9,11H,10H2,1H3,(H,18,20)/t11-/m0/s1. The van der Waals surface area contributed by atoms with Crippen molar-refractivity contribution < 1.29 is 14.5 Å². The monoisotopic (exact) mass is 334 g/mol. The molecule has 7 heteroatoms. The molecule has 0 spiro atoms. The van der Waals surface area contributed by atoms with Crippen LogP contribution in [-0.2, 0) is 4.79 Å². The van der Waals surface area contributed by atoms with Gasteiger partial charge in [0.25, 0.3) is 11.6 Å². The molecule has 0 aromatic heterocycles. The highest BCUT2D eigenvalue weighted by molar-refractivity contribution is 6.30. The van der Waals surface area contributed by atoms with Gasteiger partial charge in [-0.2, -0.15) is 0 Å². The van der Waals surface area contributed by atoms with E-state index >= 15 is 0 Å². The summed E-state index contributed by atoms with van der Waals surface area (Å²) in [7, 11) is 0. The van der Waals surface area contributed by atoms with E-state index in [1.807, 2.05) is 19.1 Å². The first kappa shape index (κ1) is 16.8. The molecular weight excluding hydrogens is 320 g/mol. The van der Waals surface area contributed by atoms with Gasteiger partial charge in [-0.15, -0.1) is 0 Å². The molecule has 0 aliphatic carbocycles. The molecule has 0 unspecified atom stereocenters. The number of nitrogens with zero attached hydrogens (tertiary/aromatic N) is 1. The van der Waals surface area contributed by atoms with Crippen LogP contribution < -0.4 is 10.1 Å². The number of carbonyl (C=O) groups excluding carboxylic acids is 1. The molecule has 1 amide bonds. The van der Waals surface area contributed by atoms with Crippen molar-refractivity contribution in [2.24, 2.45) is 0 Å². The summed E-state index contributed by atoms with van der Waals surface area (Å²) in [6.45, 7) is 1.68. The van der Waals surface area contributed by atoms with E-state index in [1.165, 1.54) is 24.3 Å². The van der Waals surface area contributed by atoms with Gasteiger partial charge in [-0.1, -0.05) is 23.7 Å². The summed E-state index contributed by atoms with van der Waals surface area (Å²) in [6.07, 6.45) is 0. The summed E-state index contributed by atoms with van der Waals surface area (Å²) in [4.78, 5) is 21.9. The Morgan fingerprint density at radius 3 is 2.39 bits per heavy atom. The van der Waals surface area contributed by atoms with E-state index in [-0.39, 0.29) is 24.2 Å². The highest BCUT2D eigenvalue weighted by Gasteiger charge is 2.11. The van der Waals surface area contributed by atoms with Crippen molar-refractivity contribution in [1.82, 2.24) is 5.32 Å². The molecule has 0 saturated carbocycles. The van der Waals surface area contributed by atoms with E-state index in [0.717, 1.165) is 5.56 Å². The largest absolute Gasteiger partial charge is 0.484 e. The molecule has 1 N–H and O–H groups in total. The predicted molar refractivity (Wildman–Crippen MR) is 86.6 cm³/mol. The zero-order valence-corrected chi connectivity index (χ0v) is 13.1. The average Bonchev–Trinajstić information content (AvgIpc) is 2.54. The third-order valence-electron chi connectivity index (χ3n) is 3.16. The van der Waals surface area contributed by atoms with Crippen molar-refractivity contribution in [3.8, 4) is 5.75 Å². The Hall–Kier alpha value is -2.60. The Balaban J connectivity index is 1.84. The van der Waals surface area contributed by atoms with Gasteiger partial charge in [0.05, 0.1) is 11.0 Å². The summed E-state index contributed by atoms with van der Waals surface area (Å²) in [6, 6.07) is 12.6. The van der Waals surface area contributed by atoms with E-state index in [2.05, 4.69) is 5.32 Å². The molecular formula is C16H15ClN2O4. The predicted octanol–water partition coefficient (Wildman–Crippen LogP) is 3.50. The summed E-state index contributed by atoms with van der Waals surface area (Å²) >= 11 is 5.82. The Bertz CT molecular complexity index is 686. The topological polar surface area (TPSA) is 81.5 Å². The molecule has 0 saturated heterocycles. The number of non-ortho nitro benzene ring substituents is 1. The SMILES string of the molecule is C[C@H](NC(=O)COc1ccc([N+](=O)[O-])cc1)c1ccc(Cl)cc1. The number of amides is 1. The lowest BCUT2D eigenvalue weighted by Crippen LogP contribution is -2.31. The maximum atomic E-state index is 11.9. The van der Waals surface area contributed by atoms with Crippen molar-refractivity contribution >= 4 is 23.2 Å². The zero-order chi connectivity index (χ0) is 16.8. The van der Waals surface area contributed by atoms with E-state index in [0.29, 0.717) is 10.8 Å². The maximum absolute atomic E-state index is 11.9. The maximum Gasteiger partial charge on any atom is 0.269 e. The Kier molecular flexibility index (Phi) is 5.54. The Labute approximate surface area is 138 Å². The molecule has 0 fully saturated rings.